The SMILES string of the molecule is Cc1ccc([C@@H]2OCCC[C@@H]2CNC(=O)c2cc(C)no2)cc1. The molecule has 2 atom stereocenters. The van der Waals surface area contributed by atoms with Crippen LogP contribution in [0.15, 0.2) is 34.9 Å². The predicted octanol–water partition coefficient (Wildman–Crippen LogP) is 3.19. The molecule has 5 nitrogen and oxygen atoms in total. The summed E-state index contributed by atoms with van der Waals surface area (Å²) in [5, 5.41) is 6.68. The summed E-state index contributed by atoms with van der Waals surface area (Å²) in [5.74, 6) is 0.296. The molecule has 1 N–H and O–H groups in total. The predicted molar refractivity (Wildman–Crippen MR) is 86.2 cm³/mol. The summed E-state index contributed by atoms with van der Waals surface area (Å²) in [6, 6.07) is 10.1. The van der Waals surface area contributed by atoms with Gasteiger partial charge in [0.1, 0.15) is 0 Å². The second-order valence-corrected chi connectivity index (χ2v) is 6.15. The van der Waals surface area contributed by atoms with Crippen molar-refractivity contribution in [1.29, 1.82) is 0 Å². The van der Waals surface area contributed by atoms with E-state index in [1.165, 1.54) is 11.1 Å². The number of aryl methyl sites for hydroxylation is 2. The van der Waals surface area contributed by atoms with Crippen LogP contribution in [-0.2, 0) is 4.74 Å². The lowest BCUT2D eigenvalue weighted by Crippen LogP contribution is -2.35. The van der Waals surface area contributed by atoms with Gasteiger partial charge in [-0.25, -0.2) is 0 Å². The Balaban J connectivity index is 1.64. The summed E-state index contributed by atoms with van der Waals surface area (Å²) in [6.45, 7) is 5.20. The highest BCUT2D eigenvalue weighted by Crippen LogP contribution is 2.33. The smallest absolute Gasteiger partial charge is 0.289 e. The fraction of sp³-hybridized carbons (Fsp3) is 0.444. The third-order valence-corrected chi connectivity index (χ3v) is 4.23. The Bertz CT molecular complexity index is 663. The Hall–Kier alpha value is -2.14. The normalized spacial score (nSPS) is 21.1. The topological polar surface area (TPSA) is 64.4 Å². The van der Waals surface area contributed by atoms with Gasteiger partial charge in [0.15, 0.2) is 0 Å². The maximum Gasteiger partial charge on any atom is 0.289 e. The van der Waals surface area contributed by atoms with Gasteiger partial charge in [0.25, 0.3) is 5.91 Å². The Morgan fingerprint density at radius 2 is 2.09 bits per heavy atom. The zero-order valence-corrected chi connectivity index (χ0v) is 13.5. The molecule has 0 bridgehead atoms. The van der Waals surface area contributed by atoms with Crippen molar-refractivity contribution >= 4 is 5.91 Å². The molecule has 1 fully saturated rings. The van der Waals surface area contributed by atoms with Gasteiger partial charge in [-0.2, -0.15) is 0 Å². The summed E-state index contributed by atoms with van der Waals surface area (Å²) in [5.41, 5.74) is 3.11. The minimum absolute atomic E-state index is 0.0288. The largest absolute Gasteiger partial charge is 0.373 e. The highest BCUT2D eigenvalue weighted by atomic mass is 16.5. The highest BCUT2D eigenvalue weighted by Gasteiger charge is 2.28. The zero-order chi connectivity index (χ0) is 16.2. The van der Waals surface area contributed by atoms with Crippen LogP contribution >= 0.6 is 0 Å². The van der Waals surface area contributed by atoms with Crippen LogP contribution in [0.2, 0.25) is 0 Å². The Morgan fingerprint density at radius 1 is 1.30 bits per heavy atom. The van der Waals surface area contributed by atoms with Crippen LogP contribution in [0.25, 0.3) is 0 Å². The van der Waals surface area contributed by atoms with Gasteiger partial charge in [-0.1, -0.05) is 35.0 Å². The number of carbonyl (C=O) groups excluding carboxylic acids is 1. The first kappa shape index (κ1) is 15.7. The molecule has 1 aliphatic heterocycles. The maximum absolute atomic E-state index is 12.1. The van der Waals surface area contributed by atoms with Gasteiger partial charge in [0.2, 0.25) is 5.76 Å². The van der Waals surface area contributed by atoms with E-state index >= 15 is 0 Å². The molecule has 23 heavy (non-hydrogen) atoms. The van der Waals surface area contributed by atoms with E-state index in [0.29, 0.717) is 12.2 Å². The first-order valence-corrected chi connectivity index (χ1v) is 8.03. The van der Waals surface area contributed by atoms with Crippen LogP contribution in [0.1, 0.15) is 46.3 Å². The minimum Gasteiger partial charge on any atom is -0.373 e. The summed E-state index contributed by atoms with van der Waals surface area (Å²) >= 11 is 0. The van der Waals surface area contributed by atoms with E-state index in [4.69, 9.17) is 9.26 Å². The Labute approximate surface area is 136 Å². The molecule has 2 heterocycles. The highest BCUT2D eigenvalue weighted by molar-refractivity contribution is 5.91. The lowest BCUT2D eigenvalue weighted by Gasteiger charge is -2.32. The molecule has 0 unspecified atom stereocenters. The van der Waals surface area contributed by atoms with Gasteiger partial charge in [-0.05, 0) is 32.3 Å². The van der Waals surface area contributed by atoms with Crippen molar-refractivity contribution in [3.63, 3.8) is 0 Å². The van der Waals surface area contributed by atoms with E-state index in [9.17, 15) is 4.79 Å². The van der Waals surface area contributed by atoms with Gasteiger partial charge < -0.3 is 14.6 Å². The van der Waals surface area contributed by atoms with Crippen LogP contribution < -0.4 is 5.32 Å². The number of aromatic nitrogens is 1. The third kappa shape index (κ3) is 3.79. The van der Waals surface area contributed by atoms with Crippen LogP contribution in [-0.4, -0.2) is 24.2 Å². The molecule has 1 amide bonds. The number of nitrogens with one attached hydrogen (secondary N) is 1. The fourth-order valence-electron chi connectivity index (χ4n) is 2.96. The molecule has 3 rings (SSSR count). The number of amides is 1. The monoisotopic (exact) mass is 314 g/mol. The third-order valence-electron chi connectivity index (χ3n) is 4.23. The van der Waals surface area contributed by atoms with Crippen molar-refractivity contribution in [2.45, 2.75) is 32.8 Å². The second-order valence-electron chi connectivity index (χ2n) is 6.15. The number of hydrogen-bond acceptors (Lipinski definition) is 4. The van der Waals surface area contributed by atoms with Crippen molar-refractivity contribution in [2.24, 2.45) is 5.92 Å². The maximum atomic E-state index is 12.1. The van der Waals surface area contributed by atoms with E-state index in [1.54, 1.807) is 13.0 Å². The van der Waals surface area contributed by atoms with E-state index in [0.717, 1.165) is 19.4 Å². The molecule has 1 saturated heterocycles. The average Bonchev–Trinajstić information content (AvgIpc) is 3.00. The summed E-state index contributed by atoms with van der Waals surface area (Å²) in [6.07, 6.45) is 2.08. The Morgan fingerprint density at radius 3 is 2.78 bits per heavy atom. The first-order valence-electron chi connectivity index (χ1n) is 8.03. The summed E-state index contributed by atoms with van der Waals surface area (Å²) in [4.78, 5) is 12.1. The average molecular weight is 314 g/mol. The molecule has 5 heteroatoms. The molecule has 1 aromatic carbocycles. The van der Waals surface area contributed by atoms with Crippen molar-refractivity contribution in [1.82, 2.24) is 10.5 Å². The van der Waals surface area contributed by atoms with Gasteiger partial charge >= 0.3 is 0 Å². The van der Waals surface area contributed by atoms with Crippen LogP contribution in [0.3, 0.4) is 0 Å². The van der Waals surface area contributed by atoms with Crippen LogP contribution in [0, 0.1) is 19.8 Å². The molecular weight excluding hydrogens is 292 g/mol. The van der Waals surface area contributed by atoms with Crippen molar-refractivity contribution in [3.05, 3.63) is 52.9 Å². The summed E-state index contributed by atoms with van der Waals surface area (Å²) < 4.78 is 11.0. The molecule has 0 spiro atoms. The number of ether oxygens (including phenoxy) is 1. The number of carbonyl (C=O) groups is 1. The van der Waals surface area contributed by atoms with Crippen LogP contribution in [0.4, 0.5) is 0 Å². The number of nitrogens with zero attached hydrogens (tertiary/aromatic N) is 1. The fourth-order valence-corrected chi connectivity index (χ4v) is 2.96. The van der Waals surface area contributed by atoms with Gasteiger partial charge in [-0.3, -0.25) is 4.79 Å². The molecule has 122 valence electrons. The van der Waals surface area contributed by atoms with E-state index in [-0.39, 0.29) is 23.7 Å². The minimum atomic E-state index is -0.223. The molecule has 2 aromatic rings. The van der Waals surface area contributed by atoms with Crippen molar-refractivity contribution in [2.75, 3.05) is 13.2 Å². The quantitative estimate of drug-likeness (QED) is 0.941. The molecule has 1 aliphatic rings. The second kappa shape index (κ2) is 6.96. The lowest BCUT2D eigenvalue weighted by atomic mass is 9.89. The van der Waals surface area contributed by atoms with Gasteiger partial charge in [0, 0.05) is 25.1 Å². The molecule has 0 aliphatic carbocycles. The van der Waals surface area contributed by atoms with E-state index < -0.39 is 0 Å². The van der Waals surface area contributed by atoms with E-state index in [2.05, 4.69) is 41.7 Å². The molecular formula is C18H22N2O3. The number of hydrogen-bond donors (Lipinski definition) is 1. The van der Waals surface area contributed by atoms with E-state index in [1.807, 2.05) is 0 Å². The molecule has 1 aromatic heterocycles. The van der Waals surface area contributed by atoms with Gasteiger partial charge in [0.05, 0.1) is 11.8 Å². The molecule has 0 radical (unpaired) electrons. The summed E-state index contributed by atoms with van der Waals surface area (Å²) in [7, 11) is 0. The standard InChI is InChI=1S/C18H22N2O3/c1-12-5-7-14(8-6-12)17-15(4-3-9-22-17)11-19-18(21)16-10-13(2)20-23-16/h5-8,10,15,17H,3-4,9,11H2,1-2H3,(H,19,21)/t15-,17+/m1/s1. The van der Waals surface area contributed by atoms with Crippen molar-refractivity contribution in [3.8, 4) is 0 Å². The van der Waals surface area contributed by atoms with Crippen LogP contribution in [0.5, 0.6) is 0 Å². The van der Waals surface area contributed by atoms with Gasteiger partial charge in [-0.15, -0.1) is 0 Å². The Kier molecular flexibility index (Phi) is 4.76. The zero-order valence-electron chi connectivity index (χ0n) is 13.5. The number of rotatable bonds is 4. The number of benzene rings is 1. The molecule has 0 saturated carbocycles. The van der Waals surface area contributed by atoms with Crippen molar-refractivity contribution < 1.29 is 14.1 Å². The first-order chi connectivity index (χ1) is 11.1. The lowest BCUT2D eigenvalue weighted by molar-refractivity contribution is -0.0273.